The fourth-order valence-electron chi connectivity index (χ4n) is 1.62. The fourth-order valence-corrected chi connectivity index (χ4v) is 2.46. The lowest BCUT2D eigenvalue weighted by Crippen LogP contribution is -2.50. The van der Waals surface area contributed by atoms with Gasteiger partial charge in [0.25, 0.3) is 0 Å². The average Bonchev–Trinajstić information content (AvgIpc) is 2.32. The third-order valence-electron chi connectivity index (χ3n) is 2.62. The van der Waals surface area contributed by atoms with Gasteiger partial charge in [-0.3, -0.25) is 9.59 Å². The first-order chi connectivity index (χ1) is 8.83. The Labute approximate surface area is 117 Å². The van der Waals surface area contributed by atoms with E-state index in [1.807, 2.05) is 13.2 Å². The minimum Gasteiger partial charge on any atom is -0.480 e. The van der Waals surface area contributed by atoms with Crippen molar-refractivity contribution in [2.24, 2.45) is 5.73 Å². The molecule has 0 saturated heterocycles. The Balaban J connectivity index is 4.84. The number of thioether (sulfide) groups is 1. The van der Waals surface area contributed by atoms with E-state index in [1.165, 1.54) is 4.90 Å². The molecule has 1 unspecified atom stereocenters. The lowest BCUT2D eigenvalue weighted by atomic mass is 10.2. The number of carbonyl (C=O) groups excluding carboxylic acids is 2. The first-order valence-electron chi connectivity index (χ1n) is 5.84. The quantitative estimate of drug-likeness (QED) is 0.657. The maximum atomic E-state index is 12.2. The first kappa shape index (κ1) is 17.6. The van der Waals surface area contributed by atoms with Crippen LogP contribution in [0.5, 0.6) is 0 Å². The van der Waals surface area contributed by atoms with Crippen LogP contribution in [-0.2, 0) is 9.59 Å². The molecule has 8 heteroatoms. The molecule has 0 aliphatic carbocycles. The summed E-state index contributed by atoms with van der Waals surface area (Å²) in [5.74, 6) is -1.17. The van der Waals surface area contributed by atoms with E-state index in [0.717, 1.165) is 17.1 Å². The van der Waals surface area contributed by atoms with Gasteiger partial charge in [0.15, 0.2) is 0 Å². The second kappa shape index (κ2) is 8.63. The molecule has 3 N–H and O–H groups in total. The minimum atomic E-state index is -1.18. The standard InChI is InChI=1S/C11H21N3O4S/c1-4-8(7-19-3)13(2)11(18)14(5-9(12)15)6-10(16)17/h8H,4-7H2,1-3H3,(H2,12,15)(H,16,17). The normalized spacial score (nSPS) is 11.7. The number of nitrogens with zero attached hydrogens (tertiary/aromatic N) is 2. The molecule has 0 saturated carbocycles. The van der Waals surface area contributed by atoms with Crippen LogP contribution in [0.15, 0.2) is 0 Å². The monoisotopic (exact) mass is 291 g/mol. The molecule has 0 aromatic carbocycles. The van der Waals surface area contributed by atoms with Gasteiger partial charge in [0.05, 0.1) is 0 Å². The maximum Gasteiger partial charge on any atom is 0.323 e. The molecule has 19 heavy (non-hydrogen) atoms. The Morgan fingerprint density at radius 3 is 2.26 bits per heavy atom. The number of carbonyl (C=O) groups is 3. The summed E-state index contributed by atoms with van der Waals surface area (Å²) in [6.45, 7) is 1.01. The summed E-state index contributed by atoms with van der Waals surface area (Å²) in [6.07, 6.45) is 2.68. The topological polar surface area (TPSA) is 104 Å². The molecule has 0 aromatic heterocycles. The number of carboxylic acid groups (broad SMARTS) is 1. The third kappa shape index (κ3) is 6.32. The maximum absolute atomic E-state index is 12.2. The lowest BCUT2D eigenvalue weighted by molar-refractivity contribution is -0.138. The third-order valence-corrected chi connectivity index (χ3v) is 3.34. The SMILES string of the molecule is CCC(CSC)N(C)C(=O)N(CC(N)=O)CC(=O)O. The number of urea groups is 1. The predicted octanol–water partition coefficient (Wildman–Crippen LogP) is 0.0517. The molecule has 7 nitrogen and oxygen atoms in total. The molecule has 0 aliphatic rings. The van der Waals surface area contributed by atoms with Crippen LogP contribution in [0.25, 0.3) is 0 Å². The molecule has 110 valence electrons. The van der Waals surface area contributed by atoms with Crippen LogP contribution in [0, 0.1) is 0 Å². The van der Waals surface area contributed by atoms with Crippen molar-refractivity contribution in [2.75, 3.05) is 32.1 Å². The Bertz CT molecular complexity index is 322. The second-order valence-electron chi connectivity index (χ2n) is 4.13. The fraction of sp³-hybridized carbons (Fsp3) is 0.727. The number of carboxylic acids is 1. The van der Waals surface area contributed by atoms with Gasteiger partial charge < -0.3 is 20.6 Å². The van der Waals surface area contributed by atoms with Gasteiger partial charge in [-0.1, -0.05) is 6.92 Å². The van der Waals surface area contributed by atoms with Crippen molar-refractivity contribution in [1.29, 1.82) is 0 Å². The highest BCUT2D eigenvalue weighted by molar-refractivity contribution is 7.98. The highest BCUT2D eigenvalue weighted by Gasteiger charge is 2.25. The lowest BCUT2D eigenvalue weighted by Gasteiger charge is -2.31. The molecule has 3 amide bonds. The Morgan fingerprint density at radius 1 is 1.32 bits per heavy atom. The van der Waals surface area contributed by atoms with Crippen molar-refractivity contribution in [1.82, 2.24) is 9.80 Å². The number of amides is 3. The molecule has 1 atom stereocenters. The van der Waals surface area contributed by atoms with Crippen molar-refractivity contribution >= 4 is 29.7 Å². The van der Waals surface area contributed by atoms with E-state index in [4.69, 9.17) is 10.8 Å². The van der Waals surface area contributed by atoms with Gasteiger partial charge in [-0.15, -0.1) is 0 Å². The second-order valence-corrected chi connectivity index (χ2v) is 5.04. The Hall–Kier alpha value is -1.44. The molecule has 0 aliphatic heterocycles. The summed E-state index contributed by atoms with van der Waals surface area (Å²) in [4.78, 5) is 36.2. The summed E-state index contributed by atoms with van der Waals surface area (Å²) in [7, 11) is 1.60. The summed E-state index contributed by atoms with van der Waals surface area (Å²) < 4.78 is 0. The van der Waals surface area contributed by atoms with E-state index in [-0.39, 0.29) is 6.04 Å². The van der Waals surface area contributed by atoms with E-state index in [1.54, 1.807) is 18.8 Å². The van der Waals surface area contributed by atoms with Crippen LogP contribution in [0.1, 0.15) is 13.3 Å². The smallest absolute Gasteiger partial charge is 0.323 e. The van der Waals surface area contributed by atoms with Crippen LogP contribution in [0.3, 0.4) is 0 Å². The van der Waals surface area contributed by atoms with Crippen molar-refractivity contribution in [3.05, 3.63) is 0 Å². The van der Waals surface area contributed by atoms with Crippen molar-refractivity contribution in [3.63, 3.8) is 0 Å². The van der Waals surface area contributed by atoms with Crippen molar-refractivity contribution < 1.29 is 19.5 Å². The van der Waals surface area contributed by atoms with Crippen LogP contribution in [0.2, 0.25) is 0 Å². The van der Waals surface area contributed by atoms with E-state index >= 15 is 0 Å². The van der Waals surface area contributed by atoms with Gasteiger partial charge in [-0.05, 0) is 12.7 Å². The van der Waals surface area contributed by atoms with E-state index in [2.05, 4.69) is 0 Å². The minimum absolute atomic E-state index is 0.00771. The molecule has 0 spiro atoms. The summed E-state index contributed by atoms with van der Waals surface area (Å²) in [5, 5.41) is 8.76. The Morgan fingerprint density at radius 2 is 1.89 bits per heavy atom. The van der Waals surface area contributed by atoms with E-state index in [9.17, 15) is 14.4 Å². The van der Waals surface area contributed by atoms with Crippen molar-refractivity contribution in [3.8, 4) is 0 Å². The number of aliphatic carboxylic acids is 1. The van der Waals surface area contributed by atoms with Gasteiger partial charge in [-0.25, -0.2) is 4.79 Å². The zero-order valence-corrected chi connectivity index (χ0v) is 12.3. The molecular formula is C11H21N3O4S. The van der Waals surface area contributed by atoms with Crippen LogP contribution in [-0.4, -0.2) is 71.0 Å². The molecule has 0 rings (SSSR count). The predicted molar refractivity (Wildman–Crippen MR) is 74.0 cm³/mol. The highest BCUT2D eigenvalue weighted by Crippen LogP contribution is 2.10. The number of nitrogens with two attached hydrogens (primary N) is 1. The number of primary amides is 1. The Kier molecular flexibility index (Phi) is 7.97. The van der Waals surface area contributed by atoms with Crippen LogP contribution in [0.4, 0.5) is 4.79 Å². The van der Waals surface area contributed by atoms with Gasteiger partial charge in [-0.2, -0.15) is 11.8 Å². The zero-order valence-electron chi connectivity index (χ0n) is 11.5. The highest BCUT2D eigenvalue weighted by atomic mass is 32.2. The van der Waals surface area contributed by atoms with Crippen LogP contribution < -0.4 is 5.73 Å². The molecular weight excluding hydrogens is 270 g/mol. The van der Waals surface area contributed by atoms with Crippen molar-refractivity contribution in [2.45, 2.75) is 19.4 Å². The van der Waals surface area contributed by atoms with Gasteiger partial charge in [0.2, 0.25) is 5.91 Å². The van der Waals surface area contributed by atoms with E-state index in [0.29, 0.717) is 0 Å². The zero-order chi connectivity index (χ0) is 15.0. The van der Waals surface area contributed by atoms with E-state index < -0.39 is 31.0 Å². The summed E-state index contributed by atoms with van der Waals surface area (Å²) >= 11 is 1.60. The number of hydrogen-bond acceptors (Lipinski definition) is 4. The molecule has 0 radical (unpaired) electrons. The number of rotatable bonds is 8. The molecule has 0 heterocycles. The van der Waals surface area contributed by atoms with Gasteiger partial charge >= 0.3 is 12.0 Å². The first-order valence-corrected chi connectivity index (χ1v) is 7.23. The van der Waals surface area contributed by atoms with Gasteiger partial charge in [0, 0.05) is 18.8 Å². The summed E-state index contributed by atoms with van der Waals surface area (Å²) in [6, 6.07) is -0.506. The summed E-state index contributed by atoms with van der Waals surface area (Å²) in [5.41, 5.74) is 5.03. The largest absolute Gasteiger partial charge is 0.480 e. The molecule has 0 aromatic rings. The number of hydrogen-bond donors (Lipinski definition) is 2. The van der Waals surface area contributed by atoms with Gasteiger partial charge in [0.1, 0.15) is 13.1 Å². The van der Waals surface area contributed by atoms with Crippen LogP contribution >= 0.6 is 11.8 Å². The average molecular weight is 291 g/mol. The molecule has 0 bridgehead atoms. The molecule has 0 fully saturated rings.